The van der Waals surface area contributed by atoms with Crippen LogP contribution in [0.1, 0.15) is 24.9 Å². The maximum absolute atomic E-state index is 11.8. The van der Waals surface area contributed by atoms with E-state index in [-0.39, 0.29) is 29.5 Å². The van der Waals surface area contributed by atoms with Gasteiger partial charge in [-0.2, -0.15) is 0 Å². The summed E-state index contributed by atoms with van der Waals surface area (Å²) in [6.45, 7) is 2.32. The lowest BCUT2D eigenvalue weighted by atomic mass is 10.1. The number of nitrogens with one attached hydrogen (secondary N) is 2. The van der Waals surface area contributed by atoms with E-state index in [1.54, 1.807) is 0 Å². The zero-order valence-corrected chi connectivity index (χ0v) is 12.3. The average molecular weight is 296 g/mol. The van der Waals surface area contributed by atoms with E-state index < -0.39 is 9.84 Å². The molecule has 0 radical (unpaired) electrons. The van der Waals surface area contributed by atoms with Crippen molar-refractivity contribution >= 4 is 15.9 Å². The fourth-order valence-corrected chi connectivity index (χ4v) is 4.20. The first-order valence-electron chi connectivity index (χ1n) is 6.76. The van der Waals surface area contributed by atoms with E-state index in [4.69, 9.17) is 0 Å². The predicted molar refractivity (Wildman–Crippen MR) is 78.2 cm³/mol. The van der Waals surface area contributed by atoms with Gasteiger partial charge in [-0.3, -0.25) is 0 Å². The molecular weight excluding hydrogens is 276 g/mol. The van der Waals surface area contributed by atoms with Crippen LogP contribution in [-0.4, -0.2) is 32.5 Å². The van der Waals surface area contributed by atoms with Crippen molar-refractivity contribution in [3.8, 4) is 0 Å². The summed E-state index contributed by atoms with van der Waals surface area (Å²) in [4.78, 5) is 11.8. The third-order valence-electron chi connectivity index (χ3n) is 3.53. The molecule has 1 aliphatic heterocycles. The summed E-state index contributed by atoms with van der Waals surface area (Å²) >= 11 is 0. The topological polar surface area (TPSA) is 75.3 Å². The highest BCUT2D eigenvalue weighted by atomic mass is 32.2. The number of carbonyl (C=O) groups is 1. The van der Waals surface area contributed by atoms with Crippen molar-refractivity contribution in [2.24, 2.45) is 5.92 Å². The minimum absolute atomic E-state index is 0.0396. The van der Waals surface area contributed by atoms with Crippen molar-refractivity contribution in [2.45, 2.75) is 19.4 Å². The van der Waals surface area contributed by atoms with Crippen molar-refractivity contribution in [1.29, 1.82) is 0 Å². The zero-order valence-electron chi connectivity index (χ0n) is 11.5. The second kappa shape index (κ2) is 6.26. The van der Waals surface area contributed by atoms with Crippen molar-refractivity contribution < 1.29 is 13.2 Å². The maximum Gasteiger partial charge on any atom is 0.315 e. The van der Waals surface area contributed by atoms with Crippen LogP contribution in [-0.2, 0) is 9.84 Å². The number of benzene rings is 1. The fourth-order valence-electron chi connectivity index (χ4n) is 2.34. The van der Waals surface area contributed by atoms with Gasteiger partial charge >= 0.3 is 6.03 Å². The van der Waals surface area contributed by atoms with Crippen molar-refractivity contribution in [2.75, 3.05) is 18.1 Å². The van der Waals surface area contributed by atoms with Gasteiger partial charge in [-0.05, 0) is 24.8 Å². The Balaban J connectivity index is 1.76. The monoisotopic (exact) mass is 296 g/mol. The molecule has 0 aromatic heterocycles. The van der Waals surface area contributed by atoms with Crippen LogP contribution in [0.5, 0.6) is 0 Å². The molecule has 2 rings (SSSR count). The van der Waals surface area contributed by atoms with Crippen LogP contribution in [0.25, 0.3) is 0 Å². The maximum atomic E-state index is 11.8. The number of rotatable bonds is 4. The summed E-state index contributed by atoms with van der Waals surface area (Å²) in [6.07, 6.45) is 0.636. The third kappa shape index (κ3) is 4.23. The molecule has 1 aliphatic rings. The van der Waals surface area contributed by atoms with Gasteiger partial charge in [0.15, 0.2) is 9.84 Å². The van der Waals surface area contributed by atoms with Gasteiger partial charge in [0.05, 0.1) is 17.5 Å². The largest absolute Gasteiger partial charge is 0.338 e. The van der Waals surface area contributed by atoms with E-state index >= 15 is 0 Å². The molecule has 0 aliphatic carbocycles. The summed E-state index contributed by atoms with van der Waals surface area (Å²) in [7, 11) is -2.88. The third-order valence-corrected chi connectivity index (χ3v) is 5.36. The molecule has 1 aromatic carbocycles. The summed E-state index contributed by atoms with van der Waals surface area (Å²) in [5.41, 5.74) is 1.03. The lowest BCUT2D eigenvalue weighted by Crippen LogP contribution is -2.39. The highest BCUT2D eigenvalue weighted by Gasteiger charge is 2.27. The van der Waals surface area contributed by atoms with Crippen LogP contribution < -0.4 is 10.6 Å². The van der Waals surface area contributed by atoms with E-state index in [1.807, 2.05) is 37.3 Å². The molecular formula is C14H20N2O3S. The molecule has 20 heavy (non-hydrogen) atoms. The van der Waals surface area contributed by atoms with Crippen LogP contribution in [0, 0.1) is 5.92 Å². The van der Waals surface area contributed by atoms with Gasteiger partial charge < -0.3 is 10.6 Å². The Morgan fingerprint density at radius 3 is 2.65 bits per heavy atom. The lowest BCUT2D eigenvalue weighted by Gasteiger charge is -2.16. The second-order valence-electron chi connectivity index (χ2n) is 5.26. The molecule has 1 fully saturated rings. The highest BCUT2D eigenvalue weighted by molar-refractivity contribution is 7.91. The smallest absolute Gasteiger partial charge is 0.315 e. The number of sulfone groups is 1. The molecule has 1 heterocycles. The summed E-state index contributed by atoms with van der Waals surface area (Å²) in [5, 5.41) is 5.59. The lowest BCUT2D eigenvalue weighted by molar-refractivity contribution is 0.236. The van der Waals surface area contributed by atoms with Crippen molar-refractivity contribution in [1.82, 2.24) is 10.6 Å². The normalized spacial score (nSPS) is 22.1. The SMILES string of the molecule is CC(NC(=O)NCC1CCS(=O)(=O)C1)c1ccccc1. The molecule has 6 heteroatoms. The van der Waals surface area contributed by atoms with Gasteiger partial charge in [-0.15, -0.1) is 0 Å². The van der Waals surface area contributed by atoms with Crippen molar-refractivity contribution in [3.05, 3.63) is 35.9 Å². The Morgan fingerprint density at radius 1 is 1.35 bits per heavy atom. The van der Waals surface area contributed by atoms with Crippen LogP contribution in [0.2, 0.25) is 0 Å². The Kier molecular flexibility index (Phi) is 4.65. The van der Waals surface area contributed by atoms with Gasteiger partial charge in [0.25, 0.3) is 0 Å². The summed E-state index contributed by atoms with van der Waals surface area (Å²) < 4.78 is 22.6. The van der Waals surface area contributed by atoms with E-state index in [0.29, 0.717) is 13.0 Å². The first kappa shape index (κ1) is 14.8. The molecule has 0 spiro atoms. The van der Waals surface area contributed by atoms with E-state index in [9.17, 15) is 13.2 Å². The molecule has 2 unspecified atom stereocenters. The molecule has 0 bridgehead atoms. The molecule has 110 valence electrons. The first-order chi connectivity index (χ1) is 9.46. The zero-order chi connectivity index (χ0) is 14.6. The standard InChI is InChI=1S/C14H20N2O3S/c1-11(13-5-3-2-4-6-13)16-14(17)15-9-12-7-8-20(18,19)10-12/h2-6,11-12H,7-10H2,1H3,(H2,15,16,17). The first-order valence-corrected chi connectivity index (χ1v) is 8.58. The molecule has 2 amide bonds. The molecule has 0 saturated carbocycles. The van der Waals surface area contributed by atoms with Gasteiger partial charge in [-0.25, -0.2) is 13.2 Å². The van der Waals surface area contributed by atoms with Gasteiger partial charge in [0, 0.05) is 6.54 Å². The fraction of sp³-hybridized carbons (Fsp3) is 0.500. The van der Waals surface area contributed by atoms with Crippen LogP contribution in [0.4, 0.5) is 4.79 Å². The summed E-state index contributed by atoms with van der Waals surface area (Å²) in [5.74, 6) is 0.459. The quantitative estimate of drug-likeness (QED) is 0.883. The molecule has 1 saturated heterocycles. The number of carbonyl (C=O) groups excluding carboxylic acids is 1. The van der Waals surface area contributed by atoms with Crippen LogP contribution >= 0.6 is 0 Å². The Bertz CT molecular complexity index is 557. The Morgan fingerprint density at radius 2 is 2.05 bits per heavy atom. The Labute approximate surface area is 119 Å². The van der Waals surface area contributed by atoms with E-state index in [1.165, 1.54) is 0 Å². The minimum Gasteiger partial charge on any atom is -0.338 e. The second-order valence-corrected chi connectivity index (χ2v) is 7.48. The van der Waals surface area contributed by atoms with E-state index in [2.05, 4.69) is 10.6 Å². The summed E-state index contributed by atoms with van der Waals surface area (Å²) in [6, 6.07) is 9.35. The predicted octanol–water partition coefficient (Wildman–Crippen LogP) is 1.48. The number of urea groups is 1. The number of hydrogen-bond donors (Lipinski definition) is 2. The molecule has 5 nitrogen and oxygen atoms in total. The number of amides is 2. The minimum atomic E-state index is -2.88. The Hall–Kier alpha value is -1.56. The molecule has 2 N–H and O–H groups in total. The molecule has 2 atom stereocenters. The van der Waals surface area contributed by atoms with Crippen molar-refractivity contribution in [3.63, 3.8) is 0 Å². The van der Waals surface area contributed by atoms with E-state index in [0.717, 1.165) is 5.56 Å². The highest BCUT2D eigenvalue weighted by Crippen LogP contribution is 2.17. The van der Waals surface area contributed by atoms with Crippen LogP contribution in [0.15, 0.2) is 30.3 Å². The van der Waals surface area contributed by atoms with Gasteiger partial charge in [0.2, 0.25) is 0 Å². The number of hydrogen-bond acceptors (Lipinski definition) is 3. The van der Waals surface area contributed by atoms with Gasteiger partial charge in [-0.1, -0.05) is 30.3 Å². The molecule has 1 aromatic rings. The van der Waals surface area contributed by atoms with Gasteiger partial charge in [0.1, 0.15) is 0 Å². The average Bonchev–Trinajstić information content (AvgIpc) is 2.77. The van der Waals surface area contributed by atoms with Crippen LogP contribution in [0.3, 0.4) is 0 Å².